The highest BCUT2D eigenvalue weighted by molar-refractivity contribution is 5.94. The van der Waals surface area contributed by atoms with Gasteiger partial charge in [0, 0.05) is 29.8 Å². The number of ether oxygens (including phenoxy) is 1. The van der Waals surface area contributed by atoms with Crippen molar-refractivity contribution in [3.05, 3.63) is 70.6 Å². The third-order valence-corrected chi connectivity index (χ3v) is 3.97. The molecule has 0 bridgehead atoms. The first-order chi connectivity index (χ1) is 12.1. The second-order valence-corrected chi connectivity index (χ2v) is 5.67. The third-order valence-electron chi connectivity index (χ3n) is 3.97. The van der Waals surface area contributed by atoms with Gasteiger partial charge in [0.1, 0.15) is 11.3 Å². The molecular formula is C20H19NO4. The van der Waals surface area contributed by atoms with Crippen molar-refractivity contribution in [3.8, 4) is 5.75 Å². The topological polar surface area (TPSA) is 59.8 Å². The van der Waals surface area contributed by atoms with E-state index in [9.17, 15) is 9.59 Å². The molecule has 1 aromatic heterocycles. The van der Waals surface area contributed by atoms with Crippen LogP contribution in [0.4, 0.5) is 5.69 Å². The van der Waals surface area contributed by atoms with Gasteiger partial charge in [0.2, 0.25) is 0 Å². The minimum Gasteiger partial charge on any atom is -0.484 e. The summed E-state index contributed by atoms with van der Waals surface area (Å²) in [5, 5.41) is 0.845. The van der Waals surface area contributed by atoms with Gasteiger partial charge in [-0.2, -0.15) is 0 Å². The van der Waals surface area contributed by atoms with Crippen LogP contribution >= 0.6 is 0 Å². The van der Waals surface area contributed by atoms with Crippen LogP contribution in [-0.2, 0) is 4.79 Å². The Balaban J connectivity index is 1.75. The van der Waals surface area contributed by atoms with Crippen molar-refractivity contribution in [1.82, 2.24) is 0 Å². The Morgan fingerprint density at radius 3 is 2.60 bits per heavy atom. The van der Waals surface area contributed by atoms with E-state index in [-0.39, 0.29) is 12.5 Å². The zero-order valence-electron chi connectivity index (χ0n) is 14.2. The highest BCUT2D eigenvalue weighted by atomic mass is 16.5. The molecule has 25 heavy (non-hydrogen) atoms. The summed E-state index contributed by atoms with van der Waals surface area (Å²) < 4.78 is 10.8. The molecular weight excluding hydrogens is 318 g/mol. The number of carbonyl (C=O) groups is 1. The van der Waals surface area contributed by atoms with Crippen LogP contribution in [0, 0.1) is 6.92 Å². The van der Waals surface area contributed by atoms with E-state index in [0.717, 1.165) is 16.6 Å². The van der Waals surface area contributed by atoms with Crippen molar-refractivity contribution in [1.29, 1.82) is 0 Å². The molecule has 0 atom stereocenters. The van der Waals surface area contributed by atoms with E-state index in [1.54, 1.807) is 17.0 Å². The average molecular weight is 337 g/mol. The summed E-state index contributed by atoms with van der Waals surface area (Å²) in [5.41, 5.74) is 1.72. The minimum atomic E-state index is -0.403. The fourth-order valence-corrected chi connectivity index (χ4v) is 2.73. The molecule has 5 nitrogen and oxygen atoms in total. The first-order valence-electron chi connectivity index (χ1n) is 8.11. The molecule has 3 aromatic rings. The molecule has 0 N–H and O–H groups in total. The number of fused-ring (bicyclic) bond motifs is 1. The normalized spacial score (nSPS) is 10.6. The first kappa shape index (κ1) is 16.8. The van der Waals surface area contributed by atoms with Crippen LogP contribution in [0.3, 0.4) is 0 Å². The van der Waals surface area contributed by atoms with E-state index in [0.29, 0.717) is 17.9 Å². The quantitative estimate of drug-likeness (QED) is 0.668. The molecule has 0 saturated heterocycles. The SMILES string of the molecule is CCN(C(=O)COc1ccc2c(C)cc(=O)oc2c1)c1ccccc1. The lowest BCUT2D eigenvalue weighted by Crippen LogP contribution is -2.34. The van der Waals surface area contributed by atoms with Crippen LogP contribution in [0.5, 0.6) is 5.75 Å². The molecule has 0 fully saturated rings. The summed E-state index contributed by atoms with van der Waals surface area (Å²) in [6.45, 7) is 4.23. The molecule has 0 radical (unpaired) electrons. The summed E-state index contributed by atoms with van der Waals surface area (Å²) in [6.07, 6.45) is 0. The predicted molar refractivity (Wildman–Crippen MR) is 97.2 cm³/mol. The van der Waals surface area contributed by atoms with E-state index >= 15 is 0 Å². The van der Waals surface area contributed by atoms with E-state index in [1.165, 1.54) is 6.07 Å². The van der Waals surface area contributed by atoms with Crippen molar-refractivity contribution in [2.45, 2.75) is 13.8 Å². The zero-order valence-corrected chi connectivity index (χ0v) is 14.2. The van der Waals surface area contributed by atoms with Gasteiger partial charge in [0.25, 0.3) is 5.91 Å². The first-order valence-corrected chi connectivity index (χ1v) is 8.11. The third kappa shape index (κ3) is 3.71. The number of benzene rings is 2. The number of hydrogen-bond acceptors (Lipinski definition) is 4. The van der Waals surface area contributed by atoms with Gasteiger partial charge in [-0.25, -0.2) is 4.79 Å². The highest BCUT2D eigenvalue weighted by Gasteiger charge is 2.14. The molecule has 3 rings (SSSR count). The molecule has 5 heteroatoms. The van der Waals surface area contributed by atoms with Gasteiger partial charge >= 0.3 is 5.63 Å². The molecule has 0 aliphatic rings. The van der Waals surface area contributed by atoms with Gasteiger partial charge in [0.05, 0.1) is 0 Å². The Morgan fingerprint density at radius 2 is 1.88 bits per heavy atom. The molecule has 1 amide bonds. The Kier molecular flexibility index (Phi) is 4.84. The number of nitrogens with zero attached hydrogens (tertiary/aromatic N) is 1. The molecule has 2 aromatic carbocycles. The minimum absolute atomic E-state index is 0.0930. The molecule has 1 heterocycles. The number of aryl methyl sites for hydroxylation is 1. The number of carbonyl (C=O) groups excluding carboxylic acids is 1. The van der Waals surface area contributed by atoms with Crippen LogP contribution in [0.2, 0.25) is 0 Å². The Hall–Kier alpha value is -3.08. The molecule has 0 aliphatic heterocycles. The maximum atomic E-state index is 12.4. The van der Waals surface area contributed by atoms with Crippen molar-refractivity contribution < 1.29 is 13.9 Å². The molecule has 0 unspecified atom stereocenters. The Morgan fingerprint density at radius 1 is 1.12 bits per heavy atom. The van der Waals surface area contributed by atoms with E-state index in [1.807, 2.05) is 50.2 Å². The van der Waals surface area contributed by atoms with Crippen molar-refractivity contribution >= 4 is 22.6 Å². The van der Waals surface area contributed by atoms with Crippen molar-refractivity contribution in [3.63, 3.8) is 0 Å². The molecule has 128 valence electrons. The van der Waals surface area contributed by atoms with Crippen LogP contribution in [0.25, 0.3) is 11.0 Å². The lowest BCUT2D eigenvalue weighted by atomic mass is 10.1. The molecule has 0 saturated carbocycles. The number of likely N-dealkylation sites (N-methyl/N-ethyl adjacent to an activating group) is 1. The van der Waals surface area contributed by atoms with Crippen molar-refractivity contribution in [2.24, 2.45) is 0 Å². The summed E-state index contributed by atoms with van der Waals surface area (Å²) in [5.74, 6) is 0.346. The Labute approximate surface area is 145 Å². The summed E-state index contributed by atoms with van der Waals surface area (Å²) in [4.78, 5) is 25.6. The second kappa shape index (κ2) is 7.21. The van der Waals surface area contributed by atoms with Gasteiger partial charge in [-0.1, -0.05) is 18.2 Å². The van der Waals surface area contributed by atoms with E-state index in [4.69, 9.17) is 9.15 Å². The predicted octanol–water partition coefficient (Wildman–Crippen LogP) is 3.53. The second-order valence-electron chi connectivity index (χ2n) is 5.67. The standard InChI is InChI=1S/C20H19NO4/c1-3-21(15-7-5-4-6-8-15)19(22)13-24-16-9-10-17-14(2)11-20(23)25-18(17)12-16/h4-12H,3,13H2,1-2H3. The summed E-state index contributed by atoms with van der Waals surface area (Å²) >= 11 is 0. The number of rotatable bonds is 5. The molecule has 0 aliphatic carbocycles. The van der Waals surface area contributed by atoms with Gasteiger partial charge in [-0.05, 0) is 43.7 Å². The zero-order chi connectivity index (χ0) is 17.8. The van der Waals surface area contributed by atoms with Crippen LogP contribution in [-0.4, -0.2) is 19.1 Å². The number of anilines is 1. The van der Waals surface area contributed by atoms with Crippen LogP contribution in [0.1, 0.15) is 12.5 Å². The smallest absolute Gasteiger partial charge is 0.336 e. The highest BCUT2D eigenvalue weighted by Crippen LogP contribution is 2.22. The maximum Gasteiger partial charge on any atom is 0.336 e. The fourth-order valence-electron chi connectivity index (χ4n) is 2.73. The van der Waals surface area contributed by atoms with Gasteiger partial charge < -0.3 is 14.1 Å². The lowest BCUT2D eigenvalue weighted by molar-refractivity contribution is -0.120. The van der Waals surface area contributed by atoms with E-state index in [2.05, 4.69) is 0 Å². The van der Waals surface area contributed by atoms with E-state index < -0.39 is 5.63 Å². The average Bonchev–Trinajstić information content (AvgIpc) is 2.61. The molecule has 0 spiro atoms. The summed E-state index contributed by atoms with van der Waals surface area (Å²) in [6, 6.07) is 16.1. The van der Waals surface area contributed by atoms with Gasteiger partial charge in [0.15, 0.2) is 6.61 Å². The Bertz CT molecular complexity index is 947. The van der Waals surface area contributed by atoms with Crippen molar-refractivity contribution in [2.75, 3.05) is 18.1 Å². The number of amides is 1. The number of para-hydroxylation sites is 1. The van der Waals surface area contributed by atoms with Gasteiger partial charge in [-0.15, -0.1) is 0 Å². The summed E-state index contributed by atoms with van der Waals surface area (Å²) in [7, 11) is 0. The largest absolute Gasteiger partial charge is 0.484 e. The monoisotopic (exact) mass is 337 g/mol. The van der Waals surface area contributed by atoms with Gasteiger partial charge in [-0.3, -0.25) is 4.79 Å². The van der Waals surface area contributed by atoms with Crippen LogP contribution < -0.4 is 15.3 Å². The fraction of sp³-hybridized carbons (Fsp3) is 0.200. The maximum absolute atomic E-state index is 12.4. The number of hydrogen-bond donors (Lipinski definition) is 0. The lowest BCUT2D eigenvalue weighted by Gasteiger charge is -2.21. The van der Waals surface area contributed by atoms with Crippen LogP contribution in [0.15, 0.2) is 63.8 Å².